The van der Waals surface area contributed by atoms with Crippen LogP contribution in [-0.2, 0) is 25.7 Å². The molecule has 2 aromatic carbocycles. The van der Waals surface area contributed by atoms with Crippen molar-refractivity contribution in [3.05, 3.63) is 58.7 Å². The van der Waals surface area contributed by atoms with Crippen molar-refractivity contribution in [2.24, 2.45) is 0 Å². The highest BCUT2D eigenvalue weighted by atomic mass is 14.9. The minimum atomic E-state index is 1.12. The minimum absolute atomic E-state index is 1.12. The number of hydrogen-bond acceptors (Lipinski definition) is 1. The van der Waals surface area contributed by atoms with Crippen LogP contribution in [-0.4, -0.2) is 0 Å². The first-order chi connectivity index (χ1) is 17.2. The molecule has 0 saturated carbocycles. The fraction of sp³-hybridized carbons (Fsp3) is 0.647. The van der Waals surface area contributed by atoms with Gasteiger partial charge in [0.2, 0.25) is 0 Å². The standard InChI is InChI=1S/C34H55N/c1-5-9-11-13-15-17-22-26-32-31(8-4)29(7-3)28-34(35-30-24-20-19-21-25-30)33(32)27-23-18-16-14-12-10-6-2/h19-21,24-25,28,35H,5-18,22-23,26-27H2,1-4H3. The molecule has 0 atom stereocenters. The summed E-state index contributed by atoms with van der Waals surface area (Å²) in [6.07, 6.45) is 24.0. The van der Waals surface area contributed by atoms with E-state index in [1.54, 1.807) is 22.3 Å². The molecule has 1 heteroatoms. The van der Waals surface area contributed by atoms with Crippen molar-refractivity contribution < 1.29 is 0 Å². The highest BCUT2D eigenvalue weighted by molar-refractivity contribution is 5.67. The van der Waals surface area contributed by atoms with Crippen LogP contribution in [0.4, 0.5) is 11.4 Å². The fourth-order valence-electron chi connectivity index (χ4n) is 5.54. The molecule has 0 amide bonds. The molecule has 0 bridgehead atoms. The SMILES string of the molecule is CCCCCCCCCc1c(Nc2ccccc2)cc(CC)c(CC)c1CCCCCCCCC. The monoisotopic (exact) mass is 477 g/mol. The average molecular weight is 478 g/mol. The van der Waals surface area contributed by atoms with Crippen LogP contribution in [0.1, 0.15) is 140 Å². The van der Waals surface area contributed by atoms with E-state index in [0.717, 1.165) is 12.8 Å². The molecule has 0 saturated heterocycles. The highest BCUT2D eigenvalue weighted by Gasteiger charge is 2.16. The molecular formula is C34H55N. The van der Waals surface area contributed by atoms with Gasteiger partial charge in [-0.2, -0.15) is 0 Å². The van der Waals surface area contributed by atoms with Crippen molar-refractivity contribution in [2.45, 2.75) is 143 Å². The summed E-state index contributed by atoms with van der Waals surface area (Å²) >= 11 is 0. The van der Waals surface area contributed by atoms with Crippen LogP contribution in [0, 0.1) is 0 Å². The zero-order valence-electron chi connectivity index (χ0n) is 23.7. The number of benzene rings is 2. The van der Waals surface area contributed by atoms with E-state index in [1.807, 2.05) is 0 Å². The molecule has 0 aliphatic carbocycles. The van der Waals surface area contributed by atoms with Crippen LogP contribution in [0.15, 0.2) is 36.4 Å². The molecule has 0 heterocycles. The van der Waals surface area contributed by atoms with Gasteiger partial charge in [-0.15, -0.1) is 0 Å². The van der Waals surface area contributed by atoms with Crippen molar-refractivity contribution in [3.63, 3.8) is 0 Å². The maximum absolute atomic E-state index is 3.83. The second-order valence-electron chi connectivity index (χ2n) is 10.5. The predicted molar refractivity (Wildman–Crippen MR) is 158 cm³/mol. The lowest BCUT2D eigenvalue weighted by atomic mass is 9.86. The van der Waals surface area contributed by atoms with Crippen LogP contribution in [0.25, 0.3) is 0 Å². The van der Waals surface area contributed by atoms with Crippen LogP contribution >= 0.6 is 0 Å². The molecule has 0 aliphatic heterocycles. The lowest BCUT2D eigenvalue weighted by molar-refractivity contribution is 0.582. The largest absolute Gasteiger partial charge is 0.355 e. The smallest absolute Gasteiger partial charge is 0.0422 e. The Balaban J connectivity index is 2.19. The van der Waals surface area contributed by atoms with Gasteiger partial charge in [-0.25, -0.2) is 0 Å². The molecule has 0 aliphatic rings. The normalized spacial score (nSPS) is 11.2. The van der Waals surface area contributed by atoms with Crippen molar-refractivity contribution >= 4 is 11.4 Å². The number of hydrogen-bond donors (Lipinski definition) is 1. The van der Waals surface area contributed by atoms with Crippen LogP contribution in [0.2, 0.25) is 0 Å². The van der Waals surface area contributed by atoms with Gasteiger partial charge in [-0.05, 0) is 79.0 Å². The Kier molecular flexibility index (Phi) is 15.6. The van der Waals surface area contributed by atoms with E-state index in [4.69, 9.17) is 0 Å². The zero-order chi connectivity index (χ0) is 25.1. The first kappa shape index (κ1) is 29.5. The van der Waals surface area contributed by atoms with Gasteiger partial charge >= 0.3 is 0 Å². The lowest BCUT2D eigenvalue weighted by Crippen LogP contribution is -2.09. The Hall–Kier alpha value is -1.76. The van der Waals surface area contributed by atoms with Crippen LogP contribution < -0.4 is 5.32 Å². The summed E-state index contributed by atoms with van der Waals surface area (Å²) in [5.74, 6) is 0. The number of nitrogens with one attached hydrogen (secondary N) is 1. The topological polar surface area (TPSA) is 12.0 Å². The third kappa shape index (κ3) is 10.8. The summed E-state index contributed by atoms with van der Waals surface area (Å²) in [6.45, 7) is 9.30. The van der Waals surface area contributed by atoms with Crippen molar-refractivity contribution in [1.29, 1.82) is 0 Å². The van der Waals surface area contributed by atoms with E-state index < -0.39 is 0 Å². The molecule has 1 N–H and O–H groups in total. The van der Waals surface area contributed by atoms with Gasteiger partial charge in [0.25, 0.3) is 0 Å². The summed E-state index contributed by atoms with van der Waals surface area (Å²) in [6, 6.07) is 13.3. The molecule has 0 aromatic heterocycles. The molecule has 1 nitrogen and oxygen atoms in total. The van der Waals surface area contributed by atoms with Gasteiger partial charge in [0, 0.05) is 11.4 Å². The Morgan fingerprint density at radius 2 is 1.03 bits per heavy atom. The molecule has 2 rings (SSSR count). The predicted octanol–water partition coefficient (Wildman–Crippen LogP) is 11.1. The summed E-state index contributed by atoms with van der Waals surface area (Å²) in [5.41, 5.74) is 9.07. The van der Waals surface area contributed by atoms with Crippen molar-refractivity contribution in [3.8, 4) is 0 Å². The lowest BCUT2D eigenvalue weighted by Gasteiger charge is -2.23. The van der Waals surface area contributed by atoms with Crippen LogP contribution in [0.3, 0.4) is 0 Å². The van der Waals surface area contributed by atoms with Gasteiger partial charge < -0.3 is 5.32 Å². The van der Waals surface area contributed by atoms with E-state index in [-0.39, 0.29) is 0 Å². The highest BCUT2D eigenvalue weighted by Crippen LogP contribution is 2.33. The average Bonchev–Trinajstić information content (AvgIpc) is 2.88. The Bertz CT molecular complexity index is 792. The van der Waals surface area contributed by atoms with E-state index in [1.165, 1.54) is 114 Å². The first-order valence-corrected chi connectivity index (χ1v) is 15.2. The Morgan fingerprint density at radius 3 is 1.54 bits per heavy atom. The zero-order valence-corrected chi connectivity index (χ0v) is 23.7. The number of para-hydroxylation sites is 1. The number of aryl methyl sites for hydroxylation is 1. The van der Waals surface area contributed by atoms with Crippen molar-refractivity contribution in [1.82, 2.24) is 0 Å². The Labute approximate surface area is 218 Å². The minimum Gasteiger partial charge on any atom is -0.355 e. The summed E-state index contributed by atoms with van der Waals surface area (Å²) in [5, 5.41) is 3.83. The van der Waals surface area contributed by atoms with E-state index in [9.17, 15) is 0 Å². The maximum atomic E-state index is 3.83. The summed E-state index contributed by atoms with van der Waals surface area (Å²) in [7, 11) is 0. The summed E-state index contributed by atoms with van der Waals surface area (Å²) < 4.78 is 0. The maximum Gasteiger partial charge on any atom is 0.0422 e. The van der Waals surface area contributed by atoms with Gasteiger partial charge in [0.15, 0.2) is 0 Å². The third-order valence-electron chi connectivity index (χ3n) is 7.61. The molecule has 0 radical (unpaired) electrons. The van der Waals surface area contributed by atoms with Gasteiger partial charge in [-0.1, -0.05) is 123 Å². The Morgan fingerprint density at radius 1 is 0.514 bits per heavy atom. The molecule has 0 fully saturated rings. The van der Waals surface area contributed by atoms with Crippen molar-refractivity contribution in [2.75, 3.05) is 5.32 Å². The quantitative estimate of drug-likeness (QED) is 0.187. The van der Waals surface area contributed by atoms with E-state index in [2.05, 4.69) is 69.4 Å². The van der Waals surface area contributed by atoms with E-state index in [0.29, 0.717) is 0 Å². The molecular weight excluding hydrogens is 422 g/mol. The molecule has 0 spiro atoms. The van der Waals surface area contributed by atoms with Gasteiger partial charge in [0.05, 0.1) is 0 Å². The summed E-state index contributed by atoms with van der Waals surface area (Å²) in [4.78, 5) is 0. The molecule has 35 heavy (non-hydrogen) atoms. The third-order valence-corrected chi connectivity index (χ3v) is 7.61. The second-order valence-corrected chi connectivity index (χ2v) is 10.5. The van der Waals surface area contributed by atoms with E-state index >= 15 is 0 Å². The van der Waals surface area contributed by atoms with Gasteiger partial charge in [0.1, 0.15) is 0 Å². The molecule has 196 valence electrons. The number of unbranched alkanes of at least 4 members (excludes halogenated alkanes) is 12. The number of anilines is 2. The number of rotatable bonds is 20. The van der Waals surface area contributed by atoms with Crippen LogP contribution in [0.5, 0.6) is 0 Å². The van der Waals surface area contributed by atoms with Gasteiger partial charge in [-0.3, -0.25) is 0 Å². The molecule has 2 aromatic rings. The second kappa shape index (κ2) is 18.5. The fourth-order valence-corrected chi connectivity index (χ4v) is 5.54. The molecule has 0 unspecified atom stereocenters. The first-order valence-electron chi connectivity index (χ1n) is 15.2.